The Balaban J connectivity index is 2.00. The fourth-order valence-corrected chi connectivity index (χ4v) is 2.73. The van der Waals surface area contributed by atoms with Gasteiger partial charge in [-0.25, -0.2) is 10.8 Å². The first-order chi connectivity index (χ1) is 10.2. The van der Waals surface area contributed by atoms with E-state index in [0.29, 0.717) is 17.4 Å². The van der Waals surface area contributed by atoms with E-state index in [0.717, 1.165) is 18.5 Å². The van der Waals surface area contributed by atoms with Crippen LogP contribution in [0.15, 0.2) is 36.4 Å². The smallest absolute Gasteiger partial charge is 0.278 e. The van der Waals surface area contributed by atoms with Crippen LogP contribution in [0.25, 0.3) is 0 Å². The van der Waals surface area contributed by atoms with Gasteiger partial charge in [-0.2, -0.15) is 0 Å². The standard InChI is InChI=1S/C15H15ClN4O/c16-11-7-8-13(19-17)18-14(11)15(21)20-9-3-5-10-4-1-2-6-12(10)20/h1-2,4,6-8H,3,5,9,17H2,(H,18,19). The first-order valence-corrected chi connectivity index (χ1v) is 7.11. The highest BCUT2D eigenvalue weighted by Crippen LogP contribution is 2.29. The summed E-state index contributed by atoms with van der Waals surface area (Å²) in [5, 5.41) is 0.321. The van der Waals surface area contributed by atoms with Crippen LogP contribution < -0.4 is 16.2 Å². The number of nitrogens with two attached hydrogens (primary N) is 1. The van der Waals surface area contributed by atoms with Crippen molar-refractivity contribution in [2.24, 2.45) is 5.84 Å². The SMILES string of the molecule is NNc1ccc(Cl)c(C(=O)N2CCCc3ccccc32)n1. The van der Waals surface area contributed by atoms with Crippen LogP contribution >= 0.6 is 11.6 Å². The van der Waals surface area contributed by atoms with Gasteiger partial charge in [0.2, 0.25) is 0 Å². The molecule has 108 valence electrons. The number of fused-ring (bicyclic) bond motifs is 1. The Morgan fingerprint density at radius 1 is 1.29 bits per heavy atom. The molecule has 0 radical (unpaired) electrons. The number of benzene rings is 1. The van der Waals surface area contributed by atoms with Crippen LogP contribution in [0.5, 0.6) is 0 Å². The molecule has 6 heteroatoms. The van der Waals surface area contributed by atoms with Crippen molar-refractivity contribution in [3.8, 4) is 0 Å². The highest BCUT2D eigenvalue weighted by molar-refractivity contribution is 6.34. The second-order valence-corrected chi connectivity index (χ2v) is 5.27. The van der Waals surface area contributed by atoms with Gasteiger partial charge in [-0.05, 0) is 36.6 Å². The number of carbonyl (C=O) groups is 1. The van der Waals surface area contributed by atoms with E-state index >= 15 is 0 Å². The molecule has 2 aromatic rings. The third-order valence-electron chi connectivity index (χ3n) is 3.55. The minimum atomic E-state index is -0.204. The predicted molar refractivity (Wildman–Crippen MR) is 83.5 cm³/mol. The molecule has 0 unspecified atom stereocenters. The average molecular weight is 303 g/mol. The second-order valence-electron chi connectivity index (χ2n) is 4.86. The number of aryl methyl sites for hydroxylation is 1. The van der Waals surface area contributed by atoms with Gasteiger partial charge in [-0.3, -0.25) is 4.79 Å². The van der Waals surface area contributed by atoms with Crippen molar-refractivity contribution in [1.29, 1.82) is 0 Å². The van der Waals surface area contributed by atoms with Crippen molar-refractivity contribution < 1.29 is 4.79 Å². The van der Waals surface area contributed by atoms with Crippen LogP contribution in [0, 0.1) is 0 Å². The molecule has 0 saturated heterocycles. The summed E-state index contributed by atoms with van der Waals surface area (Å²) >= 11 is 6.12. The van der Waals surface area contributed by atoms with Crippen molar-refractivity contribution in [1.82, 2.24) is 4.98 Å². The van der Waals surface area contributed by atoms with Gasteiger partial charge < -0.3 is 10.3 Å². The molecule has 3 N–H and O–H groups in total. The first kappa shape index (κ1) is 13.9. The zero-order valence-electron chi connectivity index (χ0n) is 11.3. The van der Waals surface area contributed by atoms with Gasteiger partial charge in [0.05, 0.1) is 5.02 Å². The lowest BCUT2D eigenvalue weighted by atomic mass is 10.0. The van der Waals surface area contributed by atoms with Gasteiger partial charge in [0.25, 0.3) is 5.91 Å². The highest BCUT2D eigenvalue weighted by Gasteiger charge is 2.25. The van der Waals surface area contributed by atoms with Crippen LogP contribution in [0.3, 0.4) is 0 Å². The monoisotopic (exact) mass is 302 g/mol. The Morgan fingerprint density at radius 2 is 2.10 bits per heavy atom. The molecule has 0 saturated carbocycles. The molecule has 5 nitrogen and oxygen atoms in total. The number of aromatic nitrogens is 1. The molecule has 2 heterocycles. The van der Waals surface area contributed by atoms with Crippen molar-refractivity contribution in [3.05, 3.63) is 52.7 Å². The topological polar surface area (TPSA) is 71.2 Å². The second kappa shape index (κ2) is 5.71. The number of hydrogen-bond acceptors (Lipinski definition) is 4. The number of nitrogen functional groups attached to an aromatic ring is 1. The van der Waals surface area contributed by atoms with Gasteiger partial charge in [-0.1, -0.05) is 29.8 Å². The largest absolute Gasteiger partial charge is 0.308 e. The molecule has 21 heavy (non-hydrogen) atoms. The number of hydrogen-bond donors (Lipinski definition) is 2. The average Bonchev–Trinajstić information content (AvgIpc) is 2.54. The summed E-state index contributed by atoms with van der Waals surface area (Å²) in [6.45, 7) is 0.661. The van der Waals surface area contributed by atoms with Crippen LogP contribution in [-0.2, 0) is 6.42 Å². The zero-order valence-corrected chi connectivity index (χ0v) is 12.1. The number of pyridine rings is 1. The number of anilines is 2. The first-order valence-electron chi connectivity index (χ1n) is 6.73. The zero-order chi connectivity index (χ0) is 14.8. The van der Waals surface area contributed by atoms with Crippen LogP contribution in [-0.4, -0.2) is 17.4 Å². The van der Waals surface area contributed by atoms with E-state index in [1.54, 1.807) is 17.0 Å². The van der Waals surface area contributed by atoms with Gasteiger partial charge in [0.1, 0.15) is 11.5 Å². The number of nitrogens with one attached hydrogen (secondary N) is 1. The van der Waals surface area contributed by atoms with Crippen molar-refractivity contribution in [3.63, 3.8) is 0 Å². The summed E-state index contributed by atoms with van der Waals surface area (Å²) in [6, 6.07) is 11.2. The maximum absolute atomic E-state index is 12.8. The lowest BCUT2D eigenvalue weighted by Gasteiger charge is -2.29. The Hall–Kier alpha value is -2.11. The molecular formula is C15H15ClN4O. The molecule has 0 atom stereocenters. The molecule has 1 aromatic heterocycles. The molecule has 1 aliphatic heterocycles. The molecule has 1 aliphatic rings. The predicted octanol–water partition coefficient (Wildman–Crippen LogP) is 2.61. The summed E-state index contributed by atoms with van der Waals surface area (Å²) in [5.41, 5.74) is 4.74. The van der Waals surface area contributed by atoms with E-state index in [9.17, 15) is 4.79 Å². The number of para-hydroxylation sites is 1. The maximum Gasteiger partial charge on any atom is 0.278 e. The minimum absolute atomic E-state index is 0.204. The molecule has 3 rings (SSSR count). The van der Waals surface area contributed by atoms with Gasteiger partial charge in [0.15, 0.2) is 0 Å². The number of carbonyl (C=O) groups excluding carboxylic acids is 1. The van der Waals surface area contributed by atoms with Gasteiger partial charge in [0, 0.05) is 12.2 Å². The number of hydrazine groups is 1. The molecular weight excluding hydrogens is 288 g/mol. The summed E-state index contributed by atoms with van der Waals surface area (Å²) in [5.74, 6) is 5.55. The van der Waals surface area contributed by atoms with Crippen molar-refractivity contribution >= 4 is 29.0 Å². The molecule has 1 aromatic carbocycles. The van der Waals surface area contributed by atoms with E-state index in [1.807, 2.05) is 24.3 Å². The van der Waals surface area contributed by atoms with Crippen LogP contribution in [0.1, 0.15) is 22.5 Å². The summed E-state index contributed by atoms with van der Waals surface area (Å²) in [7, 11) is 0. The van der Waals surface area contributed by atoms with Crippen LogP contribution in [0.2, 0.25) is 5.02 Å². The van der Waals surface area contributed by atoms with Crippen molar-refractivity contribution in [2.75, 3.05) is 16.9 Å². The number of amides is 1. The molecule has 1 amide bonds. The lowest BCUT2D eigenvalue weighted by Crippen LogP contribution is -2.36. The number of nitrogens with zero attached hydrogens (tertiary/aromatic N) is 2. The fraction of sp³-hybridized carbons (Fsp3) is 0.200. The van der Waals surface area contributed by atoms with E-state index in [4.69, 9.17) is 17.4 Å². The maximum atomic E-state index is 12.8. The number of halogens is 1. The summed E-state index contributed by atoms with van der Waals surface area (Å²) in [6.07, 6.45) is 1.90. The third-order valence-corrected chi connectivity index (χ3v) is 3.86. The molecule has 0 fully saturated rings. The van der Waals surface area contributed by atoms with E-state index in [1.165, 1.54) is 5.56 Å². The summed E-state index contributed by atoms with van der Waals surface area (Å²) in [4.78, 5) is 18.7. The Kier molecular flexibility index (Phi) is 3.77. The van der Waals surface area contributed by atoms with E-state index in [2.05, 4.69) is 10.4 Å². The van der Waals surface area contributed by atoms with Crippen LogP contribution in [0.4, 0.5) is 11.5 Å². The highest BCUT2D eigenvalue weighted by atomic mass is 35.5. The molecule has 0 spiro atoms. The molecule has 0 aliphatic carbocycles. The van der Waals surface area contributed by atoms with Gasteiger partial charge >= 0.3 is 0 Å². The summed E-state index contributed by atoms with van der Waals surface area (Å²) < 4.78 is 0. The Morgan fingerprint density at radius 3 is 2.90 bits per heavy atom. The van der Waals surface area contributed by atoms with E-state index in [-0.39, 0.29) is 11.6 Å². The van der Waals surface area contributed by atoms with Gasteiger partial charge in [-0.15, -0.1) is 0 Å². The normalized spacial score (nSPS) is 13.7. The van der Waals surface area contributed by atoms with E-state index < -0.39 is 0 Å². The Labute approximate surface area is 127 Å². The lowest BCUT2D eigenvalue weighted by molar-refractivity contribution is 0.0980. The number of rotatable bonds is 2. The minimum Gasteiger partial charge on any atom is -0.308 e. The third kappa shape index (κ3) is 2.57. The fourth-order valence-electron chi connectivity index (χ4n) is 2.54. The quantitative estimate of drug-likeness (QED) is 0.661. The van der Waals surface area contributed by atoms with Crippen molar-refractivity contribution in [2.45, 2.75) is 12.8 Å². The molecule has 0 bridgehead atoms. The Bertz CT molecular complexity index is 689.